The van der Waals surface area contributed by atoms with Crippen LogP contribution in [0.3, 0.4) is 0 Å². The summed E-state index contributed by atoms with van der Waals surface area (Å²) < 4.78 is 0. The molecule has 280 valence electrons. The lowest BCUT2D eigenvalue weighted by atomic mass is 9.68. The molecule has 3 heteroatoms. The molecule has 11 rings (SSSR count). The van der Waals surface area contributed by atoms with Crippen LogP contribution in [0, 0.1) is 0 Å². The number of para-hydroxylation sites is 2. The molecular formula is C56H40N2O. The summed E-state index contributed by atoms with van der Waals surface area (Å²) in [4.78, 5) is 18.4. The van der Waals surface area contributed by atoms with E-state index in [-0.39, 0.29) is 11.2 Å². The fourth-order valence-corrected chi connectivity index (χ4v) is 9.31. The number of ketones is 1. The van der Waals surface area contributed by atoms with Crippen molar-refractivity contribution in [3.63, 3.8) is 0 Å². The van der Waals surface area contributed by atoms with Gasteiger partial charge in [0.1, 0.15) is 0 Å². The highest BCUT2D eigenvalue weighted by Crippen LogP contribution is 2.56. The number of carbonyl (C=O) groups excluding carboxylic acids is 1. The summed E-state index contributed by atoms with van der Waals surface area (Å²) in [6.45, 7) is 4.45. The number of fused-ring (bicyclic) bond motifs is 5. The van der Waals surface area contributed by atoms with Crippen molar-refractivity contribution < 1.29 is 4.79 Å². The van der Waals surface area contributed by atoms with Crippen LogP contribution < -0.4 is 9.80 Å². The largest absolute Gasteiger partial charge is 0.306 e. The molecule has 0 N–H and O–H groups in total. The van der Waals surface area contributed by atoms with Crippen LogP contribution in [-0.4, -0.2) is 5.78 Å². The Bertz CT molecular complexity index is 3110. The van der Waals surface area contributed by atoms with Crippen LogP contribution in [-0.2, 0) is 5.41 Å². The van der Waals surface area contributed by atoms with E-state index in [1.54, 1.807) is 0 Å². The Balaban J connectivity index is 1.04. The highest BCUT2D eigenvalue weighted by molar-refractivity contribution is 6.13. The first-order chi connectivity index (χ1) is 28.9. The molecule has 59 heavy (non-hydrogen) atoms. The summed E-state index contributed by atoms with van der Waals surface area (Å²) in [6.07, 6.45) is 0. The lowest BCUT2D eigenvalue weighted by molar-refractivity contribution is 0.103. The van der Waals surface area contributed by atoms with E-state index in [4.69, 9.17) is 0 Å². The molecule has 3 nitrogen and oxygen atoms in total. The Hall–Kier alpha value is -7.49. The predicted molar refractivity (Wildman–Crippen MR) is 245 cm³/mol. The van der Waals surface area contributed by atoms with E-state index in [2.05, 4.69) is 206 Å². The number of carbonyl (C=O) groups is 1. The summed E-state index contributed by atoms with van der Waals surface area (Å²) in [5.41, 5.74) is 16.9. The Morgan fingerprint density at radius 3 is 1.46 bits per heavy atom. The quantitative estimate of drug-likeness (QED) is 0.175. The normalized spacial score (nSPS) is 13.7. The molecule has 9 aromatic rings. The Morgan fingerprint density at radius 2 is 0.814 bits per heavy atom. The van der Waals surface area contributed by atoms with Gasteiger partial charge in [-0.3, -0.25) is 4.79 Å². The standard InChI is InChI=1S/C56H40N2O/c1-56(2)49-23-12-11-22-47(49)55(59)48-29-26-42(34-50(48)56)39-16-13-17-40(33-39)43-27-30-51-53(35-43)57(45-18-5-3-6-19-45)52-31-28-44(36-54(52)58(51)46-20-7-4-8-21-46)41-25-24-37-14-9-10-15-38(37)32-41/h3-36H,1-2H3. The summed E-state index contributed by atoms with van der Waals surface area (Å²) in [7, 11) is 0. The molecule has 0 saturated carbocycles. The summed E-state index contributed by atoms with van der Waals surface area (Å²) in [5, 5.41) is 2.46. The molecule has 0 unspecified atom stereocenters. The van der Waals surface area contributed by atoms with E-state index in [1.807, 2.05) is 24.3 Å². The van der Waals surface area contributed by atoms with Crippen molar-refractivity contribution in [2.45, 2.75) is 19.3 Å². The lowest BCUT2D eigenvalue weighted by Gasteiger charge is -2.41. The molecule has 0 spiro atoms. The van der Waals surface area contributed by atoms with E-state index in [0.29, 0.717) is 0 Å². The van der Waals surface area contributed by atoms with Gasteiger partial charge in [0, 0.05) is 27.9 Å². The van der Waals surface area contributed by atoms with Crippen LogP contribution >= 0.6 is 0 Å². The second-order valence-corrected chi connectivity index (χ2v) is 16.2. The minimum Gasteiger partial charge on any atom is -0.306 e. The average molecular weight is 757 g/mol. The van der Waals surface area contributed by atoms with Gasteiger partial charge in [-0.1, -0.05) is 153 Å². The summed E-state index contributed by atoms with van der Waals surface area (Å²) in [6, 6.07) is 73.6. The second-order valence-electron chi connectivity index (χ2n) is 16.2. The van der Waals surface area contributed by atoms with Gasteiger partial charge < -0.3 is 9.80 Å². The van der Waals surface area contributed by atoms with Gasteiger partial charge in [0.15, 0.2) is 5.78 Å². The molecule has 0 radical (unpaired) electrons. The third-order valence-electron chi connectivity index (χ3n) is 12.3. The van der Waals surface area contributed by atoms with Crippen molar-refractivity contribution in [3.05, 3.63) is 229 Å². The number of nitrogens with zero attached hydrogens (tertiary/aromatic N) is 2. The zero-order chi connectivity index (χ0) is 39.7. The minimum absolute atomic E-state index is 0.100. The van der Waals surface area contributed by atoms with E-state index >= 15 is 0 Å². The second kappa shape index (κ2) is 13.6. The number of hydrogen-bond acceptors (Lipinski definition) is 3. The van der Waals surface area contributed by atoms with Gasteiger partial charge in [0.25, 0.3) is 0 Å². The number of rotatable bonds is 5. The first-order valence-corrected chi connectivity index (χ1v) is 20.3. The van der Waals surface area contributed by atoms with Gasteiger partial charge in [-0.05, 0) is 122 Å². The van der Waals surface area contributed by atoms with Crippen LogP contribution in [0.25, 0.3) is 44.2 Å². The summed E-state index contributed by atoms with van der Waals surface area (Å²) in [5.74, 6) is 0.100. The molecule has 0 amide bonds. The Labute approximate surface area is 345 Å². The molecule has 1 aliphatic heterocycles. The molecule has 9 aromatic carbocycles. The van der Waals surface area contributed by atoms with Crippen LogP contribution in [0.15, 0.2) is 206 Å². The van der Waals surface area contributed by atoms with Gasteiger partial charge in [-0.2, -0.15) is 0 Å². The Kier molecular flexibility index (Phi) is 7.99. The lowest BCUT2D eigenvalue weighted by Crippen LogP contribution is -2.30. The van der Waals surface area contributed by atoms with Crippen LogP contribution in [0.4, 0.5) is 34.1 Å². The van der Waals surface area contributed by atoms with Gasteiger partial charge >= 0.3 is 0 Å². The molecule has 0 fully saturated rings. The smallest absolute Gasteiger partial charge is 0.193 e. The minimum atomic E-state index is -0.302. The van der Waals surface area contributed by atoms with E-state index in [9.17, 15) is 4.79 Å². The third-order valence-corrected chi connectivity index (χ3v) is 12.3. The van der Waals surface area contributed by atoms with Crippen molar-refractivity contribution in [2.75, 3.05) is 9.80 Å². The topological polar surface area (TPSA) is 23.6 Å². The molecule has 2 aliphatic rings. The number of benzene rings is 9. The Morgan fingerprint density at radius 1 is 0.339 bits per heavy atom. The SMILES string of the molecule is CC1(C)c2ccccc2C(=O)c2ccc(-c3cccc(-c4ccc5c(c4)N(c4ccccc4)c4ccc(-c6ccc7ccccc7c6)cc4N5c4ccccc4)c3)cc21. The van der Waals surface area contributed by atoms with Crippen molar-refractivity contribution >= 4 is 50.7 Å². The highest BCUT2D eigenvalue weighted by atomic mass is 16.1. The fraction of sp³-hybridized carbons (Fsp3) is 0.0536. The van der Waals surface area contributed by atoms with Crippen molar-refractivity contribution in [3.8, 4) is 33.4 Å². The molecule has 0 bridgehead atoms. The maximum atomic E-state index is 13.6. The zero-order valence-corrected chi connectivity index (χ0v) is 32.9. The van der Waals surface area contributed by atoms with Gasteiger partial charge in [0.05, 0.1) is 22.7 Å². The molecular weight excluding hydrogens is 717 g/mol. The molecule has 0 aromatic heterocycles. The molecule has 1 aliphatic carbocycles. The van der Waals surface area contributed by atoms with Crippen LogP contribution in [0.2, 0.25) is 0 Å². The maximum absolute atomic E-state index is 13.6. The van der Waals surface area contributed by atoms with Gasteiger partial charge in [-0.25, -0.2) is 0 Å². The fourth-order valence-electron chi connectivity index (χ4n) is 9.31. The molecule has 0 saturated heterocycles. The van der Waals surface area contributed by atoms with Crippen LogP contribution in [0.1, 0.15) is 40.9 Å². The first kappa shape index (κ1) is 34.7. The zero-order valence-electron chi connectivity index (χ0n) is 32.9. The van der Waals surface area contributed by atoms with Gasteiger partial charge in [-0.15, -0.1) is 0 Å². The van der Waals surface area contributed by atoms with E-state index in [0.717, 1.165) is 78.6 Å². The van der Waals surface area contributed by atoms with Crippen LogP contribution in [0.5, 0.6) is 0 Å². The predicted octanol–water partition coefficient (Wildman–Crippen LogP) is 15.0. The first-order valence-electron chi connectivity index (χ1n) is 20.3. The third kappa shape index (κ3) is 5.69. The number of anilines is 6. The maximum Gasteiger partial charge on any atom is 0.193 e. The molecule has 0 atom stereocenters. The average Bonchev–Trinajstić information content (AvgIpc) is 3.30. The van der Waals surface area contributed by atoms with Gasteiger partial charge in [0.2, 0.25) is 0 Å². The number of hydrogen-bond donors (Lipinski definition) is 0. The molecule has 1 heterocycles. The van der Waals surface area contributed by atoms with Crippen molar-refractivity contribution in [2.24, 2.45) is 0 Å². The van der Waals surface area contributed by atoms with E-state index < -0.39 is 0 Å². The summed E-state index contributed by atoms with van der Waals surface area (Å²) >= 11 is 0. The van der Waals surface area contributed by atoms with E-state index in [1.165, 1.54) is 21.9 Å². The van der Waals surface area contributed by atoms with Crippen molar-refractivity contribution in [1.82, 2.24) is 0 Å². The monoisotopic (exact) mass is 756 g/mol. The van der Waals surface area contributed by atoms with Crippen molar-refractivity contribution in [1.29, 1.82) is 0 Å². The highest BCUT2D eigenvalue weighted by Gasteiger charge is 2.37.